The van der Waals surface area contributed by atoms with Crippen LogP contribution in [0.15, 0.2) is 54.9 Å². The van der Waals surface area contributed by atoms with E-state index in [1.165, 1.54) is 0 Å². The highest BCUT2D eigenvalue weighted by molar-refractivity contribution is 5.79. The zero-order valence-corrected chi connectivity index (χ0v) is 12.6. The van der Waals surface area contributed by atoms with Gasteiger partial charge in [0.15, 0.2) is 0 Å². The summed E-state index contributed by atoms with van der Waals surface area (Å²) in [4.78, 5) is 18.2. The number of hydrogen-bond acceptors (Lipinski definition) is 3. The normalized spacial score (nSPS) is 20.9. The van der Waals surface area contributed by atoms with Crippen LogP contribution in [-0.2, 0) is 4.79 Å². The van der Waals surface area contributed by atoms with Crippen molar-refractivity contribution >= 4 is 5.91 Å². The Hall–Kier alpha value is -2.20. The zero-order valence-electron chi connectivity index (χ0n) is 12.6. The summed E-state index contributed by atoms with van der Waals surface area (Å²) in [5.74, 6) is 0.0205. The summed E-state index contributed by atoms with van der Waals surface area (Å²) in [6.45, 7) is 2.61. The number of benzene rings is 1. The molecular formula is C18H20N2O2. The van der Waals surface area contributed by atoms with Gasteiger partial charge in [-0.1, -0.05) is 36.4 Å². The molecule has 22 heavy (non-hydrogen) atoms. The first-order chi connectivity index (χ1) is 10.7. The van der Waals surface area contributed by atoms with Crippen molar-refractivity contribution in [1.82, 2.24) is 9.88 Å². The maximum atomic E-state index is 12.3. The number of carbonyl (C=O) groups is 1. The van der Waals surface area contributed by atoms with E-state index >= 15 is 0 Å². The van der Waals surface area contributed by atoms with Gasteiger partial charge in [0.05, 0.1) is 12.1 Å². The summed E-state index contributed by atoms with van der Waals surface area (Å²) in [6.07, 6.45) is 3.08. The smallest absolute Gasteiger partial charge is 0.223 e. The van der Waals surface area contributed by atoms with Gasteiger partial charge in [0, 0.05) is 31.3 Å². The van der Waals surface area contributed by atoms with Gasteiger partial charge in [-0.2, -0.15) is 0 Å². The molecule has 2 heterocycles. The van der Waals surface area contributed by atoms with Crippen LogP contribution in [0.3, 0.4) is 0 Å². The fraction of sp³-hybridized carbons (Fsp3) is 0.333. The van der Waals surface area contributed by atoms with Gasteiger partial charge in [-0.15, -0.1) is 0 Å². The summed E-state index contributed by atoms with van der Waals surface area (Å²) in [6, 6.07) is 13.7. The van der Waals surface area contributed by atoms with Gasteiger partial charge in [-0.25, -0.2) is 0 Å². The minimum Gasteiger partial charge on any atom is -0.388 e. The van der Waals surface area contributed by atoms with Crippen molar-refractivity contribution in [2.75, 3.05) is 6.54 Å². The SMILES string of the molecule is C[C@H](c1ccccc1)N1C[C@H](C(O)c2cccnc2)CC1=O. The molecule has 1 aromatic heterocycles. The molecule has 1 N–H and O–H groups in total. The molecule has 3 rings (SSSR count). The van der Waals surface area contributed by atoms with E-state index in [2.05, 4.69) is 4.98 Å². The largest absolute Gasteiger partial charge is 0.388 e. The predicted octanol–water partition coefficient (Wildman–Crippen LogP) is 2.72. The van der Waals surface area contributed by atoms with Crippen LogP contribution in [0, 0.1) is 5.92 Å². The van der Waals surface area contributed by atoms with E-state index in [4.69, 9.17) is 0 Å². The van der Waals surface area contributed by atoms with E-state index in [0.717, 1.165) is 11.1 Å². The number of aliphatic hydroxyl groups excluding tert-OH is 1. The number of aromatic nitrogens is 1. The first kappa shape index (κ1) is 14.7. The maximum Gasteiger partial charge on any atom is 0.223 e. The van der Waals surface area contributed by atoms with Gasteiger partial charge in [0.25, 0.3) is 0 Å². The van der Waals surface area contributed by atoms with Gasteiger partial charge in [0.1, 0.15) is 0 Å². The fourth-order valence-corrected chi connectivity index (χ4v) is 3.08. The molecule has 0 radical (unpaired) electrons. The number of carbonyl (C=O) groups excluding carboxylic acids is 1. The first-order valence-corrected chi connectivity index (χ1v) is 7.59. The zero-order chi connectivity index (χ0) is 15.5. The minimum atomic E-state index is -0.648. The Kier molecular flexibility index (Phi) is 4.20. The lowest BCUT2D eigenvalue weighted by molar-refractivity contribution is -0.129. The Morgan fingerprint density at radius 1 is 1.18 bits per heavy atom. The van der Waals surface area contributed by atoms with Gasteiger partial charge in [-0.05, 0) is 24.1 Å². The van der Waals surface area contributed by atoms with Crippen LogP contribution in [0.5, 0.6) is 0 Å². The van der Waals surface area contributed by atoms with Gasteiger partial charge < -0.3 is 10.0 Å². The monoisotopic (exact) mass is 296 g/mol. The molecule has 1 aliphatic heterocycles. The lowest BCUT2D eigenvalue weighted by Gasteiger charge is -2.26. The molecule has 0 saturated carbocycles. The second kappa shape index (κ2) is 6.28. The number of pyridine rings is 1. The van der Waals surface area contributed by atoms with Gasteiger partial charge in [-0.3, -0.25) is 9.78 Å². The van der Waals surface area contributed by atoms with Crippen LogP contribution in [-0.4, -0.2) is 27.4 Å². The summed E-state index contributed by atoms with van der Waals surface area (Å²) >= 11 is 0. The minimum absolute atomic E-state index is 0.0276. The molecule has 1 unspecified atom stereocenters. The van der Waals surface area contributed by atoms with Crippen molar-refractivity contribution in [3.8, 4) is 0 Å². The van der Waals surface area contributed by atoms with Gasteiger partial charge in [0.2, 0.25) is 5.91 Å². The number of likely N-dealkylation sites (tertiary alicyclic amines) is 1. The molecule has 4 heteroatoms. The highest BCUT2D eigenvalue weighted by Gasteiger charge is 2.37. The summed E-state index contributed by atoms with van der Waals surface area (Å²) in [5.41, 5.74) is 1.89. The average Bonchev–Trinajstić information content (AvgIpc) is 2.97. The molecule has 2 aromatic rings. The molecule has 3 atom stereocenters. The highest BCUT2D eigenvalue weighted by Crippen LogP contribution is 2.34. The Morgan fingerprint density at radius 2 is 1.91 bits per heavy atom. The van der Waals surface area contributed by atoms with E-state index in [-0.39, 0.29) is 17.9 Å². The Labute approximate surface area is 130 Å². The third-order valence-corrected chi connectivity index (χ3v) is 4.41. The quantitative estimate of drug-likeness (QED) is 0.944. The molecule has 1 aromatic carbocycles. The number of aliphatic hydroxyl groups is 1. The van der Waals surface area contributed by atoms with Crippen molar-refractivity contribution in [3.05, 3.63) is 66.0 Å². The number of amides is 1. The van der Waals surface area contributed by atoms with Crippen molar-refractivity contribution in [1.29, 1.82) is 0 Å². The Balaban J connectivity index is 1.73. The second-order valence-electron chi connectivity index (χ2n) is 5.83. The number of nitrogens with zero attached hydrogens (tertiary/aromatic N) is 2. The molecule has 1 aliphatic rings. The highest BCUT2D eigenvalue weighted by atomic mass is 16.3. The van der Waals surface area contributed by atoms with E-state index in [1.807, 2.05) is 48.2 Å². The molecule has 0 spiro atoms. The number of rotatable bonds is 4. The molecule has 4 nitrogen and oxygen atoms in total. The third kappa shape index (κ3) is 2.88. The second-order valence-corrected chi connectivity index (χ2v) is 5.83. The molecular weight excluding hydrogens is 276 g/mol. The summed E-state index contributed by atoms with van der Waals surface area (Å²) in [5, 5.41) is 10.5. The van der Waals surface area contributed by atoms with Crippen LogP contribution in [0.1, 0.15) is 36.6 Å². The number of hydrogen-bond donors (Lipinski definition) is 1. The lowest BCUT2D eigenvalue weighted by Crippen LogP contribution is -2.29. The summed E-state index contributed by atoms with van der Waals surface area (Å²) < 4.78 is 0. The van der Waals surface area contributed by atoms with Crippen LogP contribution < -0.4 is 0 Å². The van der Waals surface area contributed by atoms with Crippen LogP contribution in [0.25, 0.3) is 0 Å². The predicted molar refractivity (Wildman–Crippen MR) is 83.9 cm³/mol. The van der Waals surface area contributed by atoms with E-state index in [9.17, 15) is 9.90 Å². The molecule has 1 saturated heterocycles. The standard InChI is InChI=1S/C18H20N2O2/c1-13(14-6-3-2-4-7-14)20-12-16(10-17(20)21)18(22)15-8-5-9-19-11-15/h2-9,11,13,16,18,22H,10,12H2,1H3/t13-,16-,18?/m1/s1. The van der Waals surface area contributed by atoms with Crippen LogP contribution >= 0.6 is 0 Å². The molecule has 0 bridgehead atoms. The summed E-state index contributed by atoms with van der Waals surface area (Å²) in [7, 11) is 0. The van der Waals surface area contributed by atoms with Crippen molar-refractivity contribution < 1.29 is 9.90 Å². The molecule has 1 fully saturated rings. The van der Waals surface area contributed by atoms with Crippen molar-refractivity contribution in [3.63, 3.8) is 0 Å². The molecule has 0 aliphatic carbocycles. The van der Waals surface area contributed by atoms with E-state index in [0.29, 0.717) is 13.0 Å². The first-order valence-electron chi connectivity index (χ1n) is 7.59. The third-order valence-electron chi connectivity index (χ3n) is 4.41. The molecule has 114 valence electrons. The van der Waals surface area contributed by atoms with Crippen molar-refractivity contribution in [2.24, 2.45) is 5.92 Å². The van der Waals surface area contributed by atoms with Crippen LogP contribution in [0.2, 0.25) is 0 Å². The molecule has 1 amide bonds. The maximum absolute atomic E-state index is 12.3. The van der Waals surface area contributed by atoms with Gasteiger partial charge >= 0.3 is 0 Å². The van der Waals surface area contributed by atoms with E-state index in [1.54, 1.807) is 18.5 Å². The topological polar surface area (TPSA) is 53.4 Å². The average molecular weight is 296 g/mol. The lowest BCUT2D eigenvalue weighted by atomic mass is 9.96. The fourth-order valence-electron chi connectivity index (χ4n) is 3.08. The van der Waals surface area contributed by atoms with E-state index < -0.39 is 6.10 Å². The van der Waals surface area contributed by atoms with Crippen molar-refractivity contribution in [2.45, 2.75) is 25.5 Å². The Bertz CT molecular complexity index is 630. The Morgan fingerprint density at radius 3 is 2.59 bits per heavy atom. The van der Waals surface area contributed by atoms with Crippen LogP contribution in [0.4, 0.5) is 0 Å².